The van der Waals surface area contributed by atoms with Crippen LogP contribution in [0, 0.1) is 0 Å². The number of aromatic nitrogens is 1. The summed E-state index contributed by atoms with van der Waals surface area (Å²) in [5, 5.41) is 17.0. The molecule has 11 heavy (non-hydrogen) atoms. The van der Waals surface area contributed by atoms with Gasteiger partial charge in [-0.05, 0) is 6.07 Å². The Kier molecular flexibility index (Phi) is 3.33. The number of halogens is 1. The van der Waals surface area contributed by atoms with Crippen LogP contribution in [0.5, 0.6) is 5.88 Å². The van der Waals surface area contributed by atoms with Gasteiger partial charge in [0.1, 0.15) is 0 Å². The van der Waals surface area contributed by atoms with Gasteiger partial charge in [0.05, 0.1) is 0 Å². The number of aromatic hydroxyl groups is 1. The molecule has 0 atom stereocenters. The van der Waals surface area contributed by atoms with Crippen molar-refractivity contribution in [1.82, 2.24) is 4.98 Å². The van der Waals surface area contributed by atoms with E-state index < -0.39 is 5.97 Å². The van der Waals surface area contributed by atoms with E-state index >= 15 is 0 Å². The van der Waals surface area contributed by atoms with E-state index in [9.17, 15) is 4.79 Å². The second kappa shape index (κ2) is 3.78. The Hall–Kier alpha value is -1.29. The lowest BCUT2D eigenvalue weighted by atomic mass is 10.3. The first kappa shape index (κ1) is 9.71. The Morgan fingerprint density at radius 2 is 2.09 bits per heavy atom. The Labute approximate surface area is 68.9 Å². The first-order valence-corrected chi connectivity index (χ1v) is 2.59. The van der Waals surface area contributed by atoms with Crippen LogP contribution in [0.4, 0.5) is 0 Å². The lowest BCUT2D eigenvalue weighted by Gasteiger charge is -1.91. The van der Waals surface area contributed by atoms with Crippen molar-refractivity contribution in [1.29, 1.82) is 0 Å². The average molecular weight is 176 g/mol. The van der Waals surface area contributed by atoms with E-state index in [0.717, 1.165) is 0 Å². The van der Waals surface area contributed by atoms with E-state index in [4.69, 9.17) is 10.2 Å². The molecule has 0 saturated carbocycles. The number of hydrogen-bond donors (Lipinski definition) is 2. The molecule has 0 spiro atoms. The van der Waals surface area contributed by atoms with Gasteiger partial charge in [0.15, 0.2) is 5.69 Å². The minimum Gasteiger partial charge on any atom is -0.493 e. The zero-order valence-corrected chi connectivity index (χ0v) is 6.21. The van der Waals surface area contributed by atoms with Gasteiger partial charge >= 0.3 is 5.97 Å². The minimum absolute atomic E-state index is 0. The van der Waals surface area contributed by atoms with Gasteiger partial charge in [-0.1, -0.05) is 6.07 Å². The predicted molar refractivity (Wildman–Crippen MR) is 40.1 cm³/mol. The highest BCUT2D eigenvalue weighted by Gasteiger charge is 2.02. The summed E-state index contributed by atoms with van der Waals surface area (Å²) in [5.41, 5.74) is -0.153. The number of nitrogens with zero attached hydrogens (tertiary/aromatic N) is 1. The van der Waals surface area contributed by atoms with Gasteiger partial charge in [-0.3, -0.25) is 0 Å². The number of carboxylic acids is 1. The SMILES string of the molecule is Cl.O=C(O)c1cccc(O)n1. The third-order valence-corrected chi connectivity index (χ3v) is 0.954. The summed E-state index contributed by atoms with van der Waals surface area (Å²) in [5.74, 6) is -1.42. The highest BCUT2D eigenvalue weighted by atomic mass is 35.5. The molecule has 60 valence electrons. The zero-order chi connectivity index (χ0) is 7.56. The molecule has 5 heteroatoms. The normalized spacial score (nSPS) is 8.36. The fraction of sp³-hybridized carbons (Fsp3) is 0. The summed E-state index contributed by atoms with van der Waals surface area (Å²) in [6.07, 6.45) is 0. The van der Waals surface area contributed by atoms with E-state index in [1.54, 1.807) is 0 Å². The molecule has 4 nitrogen and oxygen atoms in total. The van der Waals surface area contributed by atoms with Gasteiger partial charge < -0.3 is 10.2 Å². The monoisotopic (exact) mass is 175 g/mol. The van der Waals surface area contributed by atoms with Gasteiger partial charge in [0.2, 0.25) is 5.88 Å². The number of rotatable bonds is 1. The number of carbonyl (C=O) groups is 1. The molecule has 0 bridgehead atoms. The van der Waals surface area contributed by atoms with Crippen LogP contribution in [0.1, 0.15) is 10.5 Å². The van der Waals surface area contributed by atoms with Gasteiger partial charge in [-0.15, -0.1) is 12.4 Å². The van der Waals surface area contributed by atoms with E-state index in [1.807, 2.05) is 0 Å². The lowest BCUT2D eigenvalue weighted by molar-refractivity contribution is 0.0689. The lowest BCUT2D eigenvalue weighted by Crippen LogP contribution is -1.98. The second-order valence-corrected chi connectivity index (χ2v) is 1.69. The number of aromatic carboxylic acids is 1. The number of pyridine rings is 1. The molecule has 0 amide bonds. The Morgan fingerprint density at radius 1 is 1.45 bits per heavy atom. The fourth-order valence-corrected chi connectivity index (χ4v) is 0.542. The molecule has 0 aromatic carbocycles. The van der Waals surface area contributed by atoms with Gasteiger partial charge in [0, 0.05) is 6.07 Å². The van der Waals surface area contributed by atoms with Crippen molar-refractivity contribution in [2.75, 3.05) is 0 Å². The largest absolute Gasteiger partial charge is 0.493 e. The van der Waals surface area contributed by atoms with Crippen molar-refractivity contribution in [3.63, 3.8) is 0 Å². The van der Waals surface area contributed by atoms with Crippen LogP contribution in [-0.2, 0) is 0 Å². The highest BCUT2D eigenvalue weighted by molar-refractivity contribution is 5.85. The van der Waals surface area contributed by atoms with Gasteiger partial charge in [0.25, 0.3) is 0 Å². The van der Waals surface area contributed by atoms with Crippen molar-refractivity contribution < 1.29 is 15.0 Å². The fourth-order valence-electron chi connectivity index (χ4n) is 0.542. The van der Waals surface area contributed by atoms with Gasteiger partial charge in [-0.25, -0.2) is 9.78 Å². The minimum atomic E-state index is -1.14. The summed E-state index contributed by atoms with van der Waals surface area (Å²) in [6, 6.07) is 4.04. The molecule has 1 aromatic rings. The summed E-state index contributed by atoms with van der Waals surface area (Å²) in [7, 11) is 0. The maximum absolute atomic E-state index is 10.2. The first-order valence-electron chi connectivity index (χ1n) is 2.59. The molecule has 2 N–H and O–H groups in total. The maximum Gasteiger partial charge on any atom is 0.354 e. The topological polar surface area (TPSA) is 70.4 Å². The Morgan fingerprint density at radius 3 is 2.45 bits per heavy atom. The van der Waals surface area contributed by atoms with Crippen molar-refractivity contribution in [2.45, 2.75) is 0 Å². The van der Waals surface area contributed by atoms with Crippen LogP contribution in [0.15, 0.2) is 18.2 Å². The van der Waals surface area contributed by atoms with Crippen LogP contribution >= 0.6 is 12.4 Å². The maximum atomic E-state index is 10.2. The highest BCUT2D eigenvalue weighted by Crippen LogP contribution is 2.03. The zero-order valence-electron chi connectivity index (χ0n) is 5.39. The van der Waals surface area contributed by atoms with Crippen LogP contribution < -0.4 is 0 Å². The first-order chi connectivity index (χ1) is 4.70. The summed E-state index contributed by atoms with van der Waals surface area (Å²) in [4.78, 5) is 13.5. The molecular weight excluding hydrogens is 170 g/mol. The van der Waals surface area contributed by atoms with Gasteiger partial charge in [-0.2, -0.15) is 0 Å². The smallest absolute Gasteiger partial charge is 0.354 e. The molecule has 0 aliphatic carbocycles. The molecule has 1 rings (SSSR count). The molecule has 0 saturated heterocycles. The quantitative estimate of drug-likeness (QED) is 0.666. The third-order valence-electron chi connectivity index (χ3n) is 0.954. The molecule has 0 radical (unpaired) electrons. The van der Waals surface area contributed by atoms with Crippen LogP contribution in [0.25, 0.3) is 0 Å². The van der Waals surface area contributed by atoms with Crippen molar-refractivity contribution >= 4 is 18.4 Å². The Balaban J connectivity index is 0.000001000. The molecular formula is C6H6ClNO3. The average Bonchev–Trinajstić information content (AvgIpc) is 1.88. The summed E-state index contributed by atoms with van der Waals surface area (Å²) in [6.45, 7) is 0. The third kappa shape index (κ3) is 2.43. The van der Waals surface area contributed by atoms with Crippen LogP contribution in [-0.4, -0.2) is 21.2 Å². The standard InChI is InChI=1S/C6H5NO3.ClH/c8-5-3-1-2-4(7-5)6(9)10;/h1-3H,(H,7,8)(H,9,10);1H. The number of carboxylic acid groups (broad SMARTS) is 1. The molecule has 0 aliphatic heterocycles. The van der Waals surface area contributed by atoms with Crippen molar-refractivity contribution in [3.05, 3.63) is 23.9 Å². The molecule has 1 heterocycles. The summed E-state index contributed by atoms with van der Waals surface area (Å²) < 4.78 is 0. The van der Waals surface area contributed by atoms with Crippen molar-refractivity contribution in [3.8, 4) is 5.88 Å². The van der Waals surface area contributed by atoms with Crippen molar-refractivity contribution in [2.24, 2.45) is 0 Å². The Bertz CT molecular complexity index is 264. The molecule has 0 fully saturated rings. The van der Waals surface area contributed by atoms with Crippen LogP contribution in [0.3, 0.4) is 0 Å². The van der Waals surface area contributed by atoms with E-state index in [-0.39, 0.29) is 24.0 Å². The number of hydrogen-bond acceptors (Lipinski definition) is 3. The molecule has 0 unspecified atom stereocenters. The predicted octanol–water partition coefficient (Wildman–Crippen LogP) is 0.907. The van der Waals surface area contributed by atoms with E-state index in [1.165, 1.54) is 18.2 Å². The second-order valence-electron chi connectivity index (χ2n) is 1.69. The molecule has 0 aliphatic rings. The van der Waals surface area contributed by atoms with E-state index in [2.05, 4.69) is 4.98 Å². The summed E-state index contributed by atoms with van der Waals surface area (Å²) >= 11 is 0. The molecule has 1 aromatic heterocycles. The van der Waals surface area contributed by atoms with Crippen LogP contribution in [0.2, 0.25) is 0 Å². The van der Waals surface area contributed by atoms with E-state index in [0.29, 0.717) is 0 Å².